The molecule has 0 saturated carbocycles. The number of benzene rings is 2. The second-order valence-electron chi connectivity index (χ2n) is 6.57. The van der Waals surface area contributed by atoms with Crippen LogP contribution in [0.2, 0.25) is 0 Å². The summed E-state index contributed by atoms with van der Waals surface area (Å²) in [4.78, 5) is 2.56. The Hall–Kier alpha value is -2.04. The maximum Gasteiger partial charge on any atom is 0.161 e. The molecule has 0 spiro atoms. The Morgan fingerprint density at radius 1 is 0.880 bits per heavy atom. The Labute approximate surface area is 150 Å². The van der Waals surface area contributed by atoms with Gasteiger partial charge in [0.2, 0.25) is 0 Å². The van der Waals surface area contributed by atoms with E-state index >= 15 is 0 Å². The lowest BCUT2D eigenvalue weighted by atomic mass is 9.95. The van der Waals surface area contributed by atoms with Crippen molar-refractivity contribution in [1.82, 2.24) is 10.2 Å². The summed E-state index contributed by atoms with van der Waals surface area (Å²) in [7, 11) is 3.37. The van der Waals surface area contributed by atoms with Crippen LogP contribution >= 0.6 is 0 Å². The van der Waals surface area contributed by atoms with Gasteiger partial charge in [-0.1, -0.05) is 35.9 Å². The first-order valence-corrected chi connectivity index (χ1v) is 8.96. The highest BCUT2D eigenvalue weighted by atomic mass is 16.5. The minimum absolute atomic E-state index is 0.223. The molecule has 4 heteroatoms. The van der Waals surface area contributed by atoms with E-state index < -0.39 is 0 Å². The molecule has 3 rings (SSSR count). The summed E-state index contributed by atoms with van der Waals surface area (Å²) in [6, 6.07) is 15.4. The zero-order valence-electron chi connectivity index (χ0n) is 15.4. The lowest BCUT2D eigenvalue weighted by Crippen LogP contribution is -2.33. The minimum atomic E-state index is 0.223. The predicted molar refractivity (Wildman–Crippen MR) is 102 cm³/mol. The van der Waals surface area contributed by atoms with Crippen molar-refractivity contribution in [3.05, 3.63) is 59.2 Å². The molecule has 1 atom stereocenters. The van der Waals surface area contributed by atoms with Crippen LogP contribution < -0.4 is 14.8 Å². The molecule has 2 aromatic carbocycles. The third-order valence-corrected chi connectivity index (χ3v) is 4.86. The highest BCUT2D eigenvalue weighted by Crippen LogP contribution is 2.35. The molecule has 1 N–H and O–H groups in total. The highest BCUT2D eigenvalue weighted by Gasteiger charge is 2.24. The van der Waals surface area contributed by atoms with Crippen LogP contribution in [0.1, 0.15) is 29.2 Å². The van der Waals surface area contributed by atoms with Crippen LogP contribution in [0.25, 0.3) is 0 Å². The van der Waals surface area contributed by atoms with Gasteiger partial charge >= 0.3 is 0 Å². The minimum Gasteiger partial charge on any atom is -0.493 e. The fourth-order valence-corrected chi connectivity index (χ4v) is 3.51. The van der Waals surface area contributed by atoms with Crippen molar-refractivity contribution in [2.75, 3.05) is 40.4 Å². The topological polar surface area (TPSA) is 33.7 Å². The predicted octanol–water partition coefficient (Wildman–Crippen LogP) is 3.40. The van der Waals surface area contributed by atoms with E-state index in [0.29, 0.717) is 0 Å². The Kier molecular flexibility index (Phi) is 5.95. The molecule has 1 fully saturated rings. The highest BCUT2D eigenvalue weighted by molar-refractivity contribution is 5.46. The molecule has 0 radical (unpaired) electrons. The Bertz CT molecular complexity index is 677. The second kappa shape index (κ2) is 8.37. The van der Waals surface area contributed by atoms with Gasteiger partial charge in [0, 0.05) is 19.6 Å². The zero-order valence-corrected chi connectivity index (χ0v) is 15.4. The van der Waals surface area contributed by atoms with E-state index in [0.717, 1.165) is 44.1 Å². The van der Waals surface area contributed by atoms with Gasteiger partial charge in [-0.15, -0.1) is 0 Å². The number of aryl methyl sites for hydroxylation is 1. The van der Waals surface area contributed by atoms with Crippen molar-refractivity contribution in [3.8, 4) is 11.5 Å². The lowest BCUT2D eigenvalue weighted by Gasteiger charge is -2.31. The first-order valence-electron chi connectivity index (χ1n) is 8.96. The normalized spacial score (nSPS) is 16.9. The number of methoxy groups -OCH3 is 2. The molecule has 0 aromatic heterocycles. The fourth-order valence-electron chi connectivity index (χ4n) is 3.51. The van der Waals surface area contributed by atoms with Crippen molar-refractivity contribution < 1.29 is 9.47 Å². The summed E-state index contributed by atoms with van der Waals surface area (Å²) in [6.07, 6.45) is 1.16. The number of rotatable bonds is 5. The molecule has 0 aliphatic carbocycles. The molecule has 1 aliphatic heterocycles. The number of nitrogens with zero attached hydrogens (tertiary/aromatic N) is 1. The number of hydrogen-bond donors (Lipinski definition) is 1. The summed E-state index contributed by atoms with van der Waals surface area (Å²) in [6.45, 7) is 6.36. The molecule has 2 aromatic rings. The molecule has 1 unspecified atom stereocenters. The van der Waals surface area contributed by atoms with Gasteiger partial charge in [0.1, 0.15) is 0 Å². The standard InChI is InChI=1S/C21H28N2O2/c1-16-5-7-17(8-6-16)21(23-13-4-11-22-12-14-23)18-9-10-19(24-2)20(15-18)25-3/h5-10,15,21-22H,4,11-14H2,1-3H3. The summed E-state index contributed by atoms with van der Waals surface area (Å²) < 4.78 is 10.9. The van der Waals surface area contributed by atoms with Crippen molar-refractivity contribution in [3.63, 3.8) is 0 Å². The van der Waals surface area contributed by atoms with Crippen LogP contribution in [0.5, 0.6) is 11.5 Å². The Morgan fingerprint density at radius 2 is 1.60 bits per heavy atom. The van der Waals surface area contributed by atoms with E-state index in [1.807, 2.05) is 6.07 Å². The van der Waals surface area contributed by atoms with Gasteiger partial charge in [0.25, 0.3) is 0 Å². The van der Waals surface area contributed by atoms with E-state index in [-0.39, 0.29) is 6.04 Å². The van der Waals surface area contributed by atoms with Crippen molar-refractivity contribution in [1.29, 1.82) is 0 Å². The Balaban J connectivity index is 2.02. The summed E-state index contributed by atoms with van der Waals surface area (Å²) >= 11 is 0. The summed E-state index contributed by atoms with van der Waals surface area (Å²) in [5.41, 5.74) is 3.84. The van der Waals surface area contributed by atoms with Gasteiger partial charge in [-0.25, -0.2) is 0 Å². The van der Waals surface area contributed by atoms with Gasteiger partial charge in [-0.2, -0.15) is 0 Å². The van der Waals surface area contributed by atoms with Crippen molar-refractivity contribution in [2.45, 2.75) is 19.4 Å². The van der Waals surface area contributed by atoms with Crippen LogP contribution in [0, 0.1) is 6.92 Å². The van der Waals surface area contributed by atoms with Crippen LogP contribution in [0.3, 0.4) is 0 Å². The van der Waals surface area contributed by atoms with E-state index in [4.69, 9.17) is 9.47 Å². The lowest BCUT2D eigenvalue weighted by molar-refractivity contribution is 0.240. The molecule has 1 saturated heterocycles. The molecule has 0 amide bonds. The SMILES string of the molecule is COc1ccc(C(c2ccc(C)cc2)N2CCCNCC2)cc1OC. The third-order valence-electron chi connectivity index (χ3n) is 4.86. The average Bonchev–Trinajstić information content (AvgIpc) is 2.92. The fraction of sp³-hybridized carbons (Fsp3) is 0.429. The van der Waals surface area contributed by atoms with E-state index in [2.05, 4.69) is 53.5 Å². The quantitative estimate of drug-likeness (QED) is 0.904. The summed E-state index contributed by atoms with van der Waals surface area (Å²) in [5.74, 6) is 1.55. The molecule has 1 aliphatic rings. The van der Waals surface area contributed by atoms with Gasteiger partial charge in [-0.3, -0.25) is 4.90 Å². The maximum atomic E-state index is 5.54. The zero-order chi connectivity index (χ0) is 17.6. The van der Waals surface area contributed by atoms with E-state index in [9.17, 15) is 0 Å². The number of nitrogens with one attached hydrogen (secondary N) is 1. The third kappa shape index (κ3) is 4.14. The van der Waals surface area contributed by atoms with Gasteiger partial charge < -0.3 is 14.8 Å². The van der Waals surface area contributed by atoms with Gasteiger partial charge in [-0.05, 0) is 43.1 Å². The molecular weight excluding hydrogens is 312 g/mol. The molecule has 134 valence electrons. The van der Waals surface area contributed by atoms with Crippen LogP contribution in [0.4, 0.5) is 0 Å². The smallest absolute Gasteiger partial charge is 0.161 e. The molecule has 4 nitrogen and oxygen atoms in total. The van der Waals surface area contributed by atoms with Crippen LogP contribution in [-0.2, 0) is 0 Å². The largest absolute Gasteiger partial charge is 0.493 e. The first-order chi connectivity index (χ1) is 12.2. The Morgan fingerprint density at radius 3 is 2.32 bits per heavy atom. The second-order valence-corrected chi connectivity index (χ2v) is 6.57. The van der Waals surface area contributed by atoms with Gasteiger partial charge in [0.05, 0.1) is 20.3 Å². The average molecular weight is 340 g/mol. The first kappa shape index (κ1) is 17.8. The number of hydrogen-bond acceptors (Lipinski definition) is 4. The van der Waals surface area contributed by atoms with Gasteiger partial charge in [0.15, 0.2) is 11.5 Å². The van der Waals surface area contributed by atoms with Crippen molar-refractivity contribution >= 4 is 0 Å². The van der Waals surface area contributed by atoms with Crippen LogP contribution in [-0.4, -0.2) is 45.3 Å². The van der Waals surface area contributed by atoms with E-state index in [1.165, 1.54) is 16.7 Å². The number of ether oxygens (including phenoxy) is 2. The monoisotopic (exact) mass is 340 g/mol. The van der Waals surface area contributed by atoms with E-state index in [1.54, 1.807) is 14.2 Å². The molecule has 1 heterocycles. The maximum absolute atomic E-state index is 5.54. The summed E-state index contributed by atoms with van der Waals surface area (Å²) in [5, 5.41) is 3.50. The van der Waals surface area contributed by atoms with Crippen LogP contribution in [0.15, 0.2) is 42.5 Å². The molecule has 0 bridgehead atoms. The molecular formula is C21H28N2O2. The van der Waals surface area contributed by atoms with Crippen molar-refractivity contribution in [2.24, 2.45) is 0 Å². The molecule has 25 heavy (non-hydrogen) atoms.